The maximum Gasteiger partial charge on any atom is 0.271 e. The Morgan fingerprint density at radius 1 is 1.35 bits per heavy atom. The molecule has 1 aromatic carbocycles. The quantitative estimate of drug-likeness (QED) is 0.594. The standard InChI is InChI=1S/C18H17ClN3OS3/c1-4-22-15(10-14-20(2)7-8-24-14)26-16(17(22)23)18-21(3)12-6-5-11(19)9-13(12)25-18/h5-10H,4H2,1-3H3/q+1/b18-16+. The monoisotopic (exact) mass is 422 g/mol. The van der Waals surface area contributed by atoms with Gasteiger partial charge < -0.3 is 4.90 Å². The smallest absolute Gasteiger partial charge is 0.271 e. The molecule has 0 unspecified atom stereocenters. The summed E-state index contributed by atoms with van der Waals surface area (Å²) >= 11 is 11.0. The molecule has 1 aliphatic rings. The fraction of sp³-hybridized carbons (Fsp3) is 0.222. The van der Waals surface area contributed by atoms with Gasteiger partial charge in [-0.1, -0.05) is 34.7 Å². The predicted octanol–water partition coefficient (Wildman–Crippen LogP) is 2.61. The van der Waals surface area contributed by atoms with Crippen LogP contribution in [0.3, 0.4) is 0 Å². The number of aromatic nitrogens is 2. The summed E-state index contributed by atoms with van der Waals surface area (Å²) in [6, 6.07) is 5.84. The minimum Gasteiger partial charge on any atom is -0.337 e. The third-order valence-electron chi connectivity index (χ3n) is 4.28. The van der Waals surface area contributed by atoms with Gasteiger partial charge in [0.15, 0.2) is 6.20 Å². The Balaban J connectivity index is 1.94. The molecular formula is C18H17ClN3OS3+. The van der Waals surface area contributed by atoms with Crippen molar-refractivity contribution in [2.24, 2.45) is 7.05 Å². The van der Waals surface area contributed by atoms with Crippen LogP contribution in [0.25, 0.3) is 11.1 Å². The second-order valence-electron chi connectivity index (χ2n) is 5.89. The average molecular weight is 423 g/mol. The fourth-order valence-electron chi connectivity index (χ4n) is 2.88. The highest BCUT2D eigenvalue weighted by molar-refractivity contribution is 8.08. The lowest BCUT2D eigenvalue weighted by molar-refractivity contribution is -0.668. The molecule has 0 spiro atoms. The molecule has 8 heteroatoms. The summed E-state index contributed by atoms with van der Waals surface area (Å²) in [5, 5.41) is 4.84. The van der Waals surface area contributed by atoms with Gasteiger partial charge in [0.05, 0.1) is 17.1 Å². The topological polar surface area (TPSA) is 29.1 Å². The van der Waals surface area contributed by atoms with E-state index >= 15 is 0 Å². The Morgan fingerprint density at radius 2 is 2.15 bits per heavy atom. The molecule has 0 amide bonds. The number of aryl methyl sites for hydroxylation is 1. The molecule has 2 aromatic heterocycles. The predicted molar refractivity (Wildman–Crippen MR) is 112 cm³/mol. The highest BCUT2D eigenvalue weighted by Crippen LogP contribution is 2.46. The molecule has 0 saturated heterocycles. The normalized spacial score (nSPS) is 16.5. The number of fused-ring (bicyclic) bond motifs is 1. The minimum atomic E-state index is 0.0659. The molecule has 4 rings (SSSR count). The summed E-state index contributed by atoms with van der Waals surface area (Å²) in [4.78, 5) is 16.2. The molecule has 0 N–H and O–H groups in total. The van der Waals surface area contributed by atoms with Gasteiger partial charge in [0.1, 0.15) is 21.3 Å². The number of benzene rings is 1. The van der Waals surface area contributed by atoms with Gasteiger partial charge in [-0.05, 0) is 25.1 Å². The zero-order chi connectivity index (χ0) is 18.4. The lowest BCUT2D eigenvalue weighted by Gasteiger charge is -2.12. The van der Waals surface area contributed by atoms with Crippen molar-refractivity contribution in [1.82, 2.24) is 4.57 Å². The Hall–Kier alpha value is -1.54. The van der Waals surface area contributed by atoms with Gasteiger partial charge in [0, 0.05) is 23.5 Å². The van der Waals surface area contributed by atoms with Gasteiger partial charge in [0.25, 0.3) is 10.6 Å². The Kier molecular flexibility index (Phi) is 4.73. The van der Waals surface area contributed by atoms with E-state index in [0.29, 0.717) is 11.6 Å². The number of hydrogen-bond acceptors (Lipinski definition) is 5. The molecule has 0 aliphatic carbocycles. The highest BCUT2D eigenvalue weighted by atomic mass is 35.5. The number of thioether (sulfide) groups is 1. The van der Waals surface area contributed by atoms with E-state index in [1.165, 1.54) is 0 Å². The number of thiazole rings is 2. The second kappa shape index (κ2) is 6.88. The van der Waals surface area contributed by atoms with E-state index in [1.807, 2.05) is 55.4 Å². The number of halogens is 1. The van der Waals surface area contributed by atoms with Crippen LogP contribution in [-0.2, 0) is 13.6 Å². The van der Waals surface area contributed by atoms with Crippen LogP contribution in [0, 0.1) is 0 Å². The maximum absolute atomic E-state index is 13.0. The van der Waals surface area contributed by atoms with Crippen LogP contribution >= 0.6 is 46.0 Å². The van der Waals surface area contributed by atoms with Crippen molar-refractivity contribution in [3.05, 3.63) is 59.4 Å². The van der Waals surface area contributed by atoms with Crippen LogP contribution in [0.5, 0.6) is 0 Å². The van der Waals surface area contributed by atoms with Crippen LogP contribution in [-0.4, -0.2) is 11.6 Å². The number of anilines is 1. The van der Waals surface area contributed by atoms with E-state index in [-0.39, 0.29) is 5.56 Å². The van der Waals surface area contributed by atoms with Gasteiger partial charge in [-0.15, -0.1) is 11.3 Å². The van der Waals surface area contributed by atoms with Crippen LogP contribution in [0.2, 0.25) is 5.02 Å². The minimum absolute atomic E-state index is 0.0659. The van der Waals surface area contributed by atoms with Crippen LogP contribution in [0.15, 0.2) is 39.5 Å². The summed E-state index contributed by atoms with van der Waals surface area (Å²) in [6.45, 7) is 2.66. The summed E-state index contributed by atoms with van der Waals surface area (Å²) in [7, 11) is 4.02. The van der Waals surface area contributed by atoms with E-state index in [2.05, 4.69) is 15.5 Å². The van der Waals surface area contributed by atoms with E-state index in [4.69, 9.17) is 11.6 Å². The van der Waals surface area contributed by atoms with Crippen molar-refractivity contribution >= 4 is 62.8 Å². The lowest BCUT2D eigenvalue weighted by atomic mass is 10.3. The largest absolute Gasteiger partial charge is 0.337 e. The van der Waals surface area contributed by atoms with Crippen LogP contribution in [0.1, 0.15) is 11.9 Å². The summed E-state index contributed by atoms with van der Waals surface area (Å²) < 4.78 is 5.66. The zero-order valence-corrected chi connectivity index (χ0v) is 17.7. The number of nitrogens with zero attached hydrogens (tertiary/aromatic N) is 3. The van der Waals surface area contributed by atoms with Crippen LogP contribution in [0.4, 0.5) is 5.69 Å². The first-order chi connectivity index (χ1) is 12.5. The van der Waals surface area contributed by atoms with E-state index < -0.39 is 0 Å². The molecule has 134 valence electrons. The highest BCUT2D eigenvalue weighted by Gasteiger charge is 2.25. The number of rotatable bonds is 2. The van der Waals surface area contributed by atoms with E-state index in [1.54, 1.807) is 34.4 Å². The molecule has 0 radical (unpaired) electrons. The summed E-state index contributed by atoms with van der Waals surface area (Å²) in [5.74, 6) is 0. The third-order valence-corrected chi connectivity index (χ3v) is 7.89. The summed E-state index contributed by atoms with van der Waals surface area (Å²) in [5.41, 5.74) is 1.15. The third kappa shape index (κ3) is 2.93. The van der Waals surface area contributed by atoms with Gasteiger partial charge in [-0.25, -0.2) is 0 Å². The van der Waals surface area contributed by atoms with Crippen molar-refractivity contribution < 1.29 is 4.57 Å². The van der Waals surface area contributed by atoms with Crippen molar-refractivity contribution in [1.29, 1.82) is 0 Å². The number of hydrogen-bond donors (Lipinski definition) is 0. The molecule has 0 saturated carbocycles. The zero-order valence-electron chi connectivity index (χ0n) is 14.5. The van der Waals surface area contributed by atoms with E-state index in [9.17, 15) is 4.79 Å². The van der Waals surface area contributed by atoms with Gasteiger partial charge in [-0.2, -0.15) is 4.57 Å². The molecule has 26 heavy (non-hydrogen) atoms. The molecule has 4 nitrogen and oxygen atoms in total. The molecule has 3 heterocycles. The molecule has 1 aliphatic heterocycles. The first-order valence-electron chi connectivity index (χ1n) is 8.09. The van der Waals surface area contributed by atoms with Crippen molar-refractivity contribution in [3.8, 4) is 0 Å². The van der Waals surface area contributed by atoms with Crippen LogP contribution < -0.4 is 24.2 Å². The van der Waals surface area contributed by atoms with Gasteiger partial charge >= 0.3 is 0 Å². The Bertz CT molecular complexity index is 1180. The molecular weight excluding hydrogens is 406 g/mol. The molecule has 0 atom stereocenters. The van der Waals surface area contributed by atoms with Crippen molar-refractivity contribution in [2.75, 3.05) is 11.9 Å². The van der Waals surface area contributed by atoms with Gasteiger partial charge in [-0.3, -0.25) is 9.36 Å². The molecule has 0 fully saturated rings. The molecule has 3 aromatic rings. The SMILES string of the molecule is CCn1c(=O)/c(=C2\Sc3cc(Cl)ccc3N2C)s/c1=C\c1scc[n+]1C. The van der Waals surface area contributed by atoms with E-state index in [0.717, 1.165) is 29.8 Å². The van der Waals surface area contributed by atoms with Gasteiger partial charge in [0.2, 0.25) is 0 Å². The maximum atomic E-state index is 13.0. The van der Waals surface area contributed by atoms with Crippen molar-refractivity contribution in [3.63, 3.8) is 0 Å². The Labute approximate surface area is 168 Å². The second-order valence-corrected chi connectivity index (χ2v) is 9.32. The first-order valence-corrected chi connectivity index (χ1v) is 11.0. The first kappa shape index (κ1) is 17.9. The Morgan fingerprint density at radius 3 is 2.85 bits per heavy atom. The van der Waals surface area contributed by atoms with Crippen molar-refractivity contribution in [2.45, 2.75) is 18.4 Å². The average Bonchev–Trinajstić information content (AvgIpc) is 3.25. The lowest BCUT2D eigenvalue weighted by Crippen LogP contribution is -2.34. The fourth-order valence-corrected chi connectivity index (χ4v) is 6.48. The summed E-state index contributed by atoms with van der Waals surface area (Å²) in [6.07, 6.45) is 4.11. The molecule has 0 bridgehead atoms.